The lowest BCUT2D eigenvalue weighted by molar-refractivity contribution is -0.0548. The summed E-state index contributed by atoms with van der Waals surface area (Å²) in [4.78, 5) is 15.1. The van der Waals surface area contributed by atoms with Crippen LogP contribution in [0.4, 0.5) is 4.79 Å². The van der Waals surface area contributed by atoms with Crippen LogP contribution in [0, 0.1) is 0 Å². The molecule has 4 heteroatoms. The van der Waals surface area contributed by atoms with Gasteiger partial charge in [0.15, 0.2) is 0 Å². The first-order valence-corrected chi connectivity index (χ1v) is 12.6. The second kappa shape index (κ2) is 9.34. The molecule has 4 nitrogen and oxygen atoms in total. The number of unbranched alkanes of at least 4 members (excludes halogenated alkanes) is 3. The molecular formula is C29H35NO3. The molecule has 2 atom stereocenters. The Bertz CT molecular complexity index is 956. The highest BCUT2D eigenvalue weighted by Crippen LogP contribution is 2.46. The lowest BCUT2D eigenvalue weighted by Crippen LogP contribution is -2.53. The molecule has 2 heterocycles. The standard InChI is InChI=1S/C29H35NO3/c1-2-3-4-5-10-17-29(32)18-21-15-16-22(19-29)30(21)28(31)33-20-27-25-13-8-6-11-23(25)24-12-7-9-14-26(24)27/h2,6-9,11-14,21-22,27,32H,1,3-5,10,15-20H2. The van der Waals surface area contributed by atoms with Crippen molar-refractivity contribution in [2.24, 2.45) is 0 Å². The zero-order valence-corrected chi connectivity index (χ0v) is 19.4. The molecule has 2 aliphatic heterocycles. The number of benzene rings is 2. The van der Waals surface area contributed by atoms with Crippen LogP contribution < -0.4 is 0 Å². The number of hydrogen-bond donors (Lipinski definition) is 1. The van der Waals surface area contributed by atoms with Crippen LogP contribution in [0.3, 0.4) is 0 Å². The minimum atomic E-state index is -0.639. The highest BCUT2D eigenvalue weighted by molar-refractivity contribution is 5.79. The minimum absolute atomic E-state index is 0.0799. The number of piperidine rings is 1. The number of aliphatic hydroxyl groups is 1. The van der Waals surface area contributed by atoms with Crippen LogP contribution in [0.1, 0.15) is 74.8 Å². The van der Waals surface area contributed by atoms with E-state index >= 15 is 0 Å². The number of carbonyl (C=O) groups excluding carboxylic acids is 1. The van der Waals surface area contributed by atoms with Gasteiger partial charge in [-0.2, -0.15) is 0 Å². The van der Waals surface area contributed by atoms with Crippen molar-refractivity contribution in [2.45, 2.75) is 81.4 Å². The molecule has 5 rings (SSSR count). The van der Waals surface area contributed by atoms with Crippen LogP contribution in [0.25, 0.3) is 11.1 Å². The zero-order chi connectivity index (χ0) is 22.8. The largest absolute Gasteiger partial charge is 0.448 e. The van der Waals surface area contributed by atoms with Gasteiger partial charge in [-0.1, -0.05) is 67.4 Å². The summed E-state index contributed by atoms with van der Waals surface area (Å²) in [7, 11) is 0. The number of fused-ring (bicyclic) bond motifs is 5. The van der Waals surface area contributed by atoms with E-state index in [4.69, 9.17) is 4.74 Å². The molecule has 2 aromatic rings. The van der Waals surface area contributed by atoms with E-state index in [1.807, 2.05) is 11.0 Å². The van der Waals surface area contributed by atoms with E-state index in [9.17, 15) is 9.90 Å². The predicted molar refractivity (Wildman–Crippen MR) is 131 cm³/mol. The lowest BCUT2D eigenvalue weighted by Gasteiger charge is -2.43. The van der Waals surface area contributed by atoms with Gasteiger partial charge in [0.05, 0.1) is 5.60 Å². The molecule has 2 aromatic carbocycles. The molecule has 0 aromatic heterocycles. The van der Waals surface area contributed by atoms with E-state index in [1.165, 1.54) is 22.3 Å². The third kappa shape index (κ3) is 4.33. The molecule has 0 saturated carbocycles. The fourth-order valence-electron chi connectivity index (χ4n) is 6.41. The molecular weight excluding hydrogens is 410 g/mol. The Morgan fingerprint density at radius 1 is 1.00 bits per heavy atom. The predicted octanol–water partition coefficient (Wildman–Crippen LogP) is 6.43. The molecule has 2 saturated heterocycles. The number of ether oxygens (including phenoxy) is 1. The van der Waals surface area contributed by atoms with Crippen molar-refractivity contribution in [1.82, 2.24) is 4.90 Å². The second-order valence-electron chi connectivity index (χ2n) is 10.1. The molecule has 1 amide bonds. The van der Waals surface area contributed by atoms with E-state index in [0.717, 1.165) is 44.9 Å². The number of rotatable bonds is 8. The van der Waals surface area contributed by atoms with Crippen LogP contribution in [0.15, 0.2) is 61.2 Å². The minimum Gasteiger partial charge on any atom is -0.448 e. The Balaban J connectivity index is 1.21. The highest BCUT2D eigenvalue weighted by atomic mass is 16.6. The van der Waals surface area contributed by atoms with E-state index < -0.39 is 5.60 Å². The molecule has 2 unspecified atom stereocenters. The Kier molecular flexibility index (Phi) is 6.29. The van der Waals surface area contributed by atoms with Crippen LogP contribution in [-0.4, -0.2) is 40.4 Å². The third-order valence-electron chi connectivity index (χ3n) is 7.95. The fraction of sp³-hybridized carbons (Fsp3) is 0.483. The molecule has 1 aliphatic carbocycles. The zero-order valence-electron chi connectivity index (χ0n) is 19.4. The van der Waals surface area contributed by atoms with Gasteiger partial charge in [0.2, 0.25) is 0 Å². The summed E-state index contributed by atoms with van der Waals surface area (Å²) in [6, 6.07) is 17.0. The Morgan fingerprint density at radius 2 is 1.61 bits per heavy atom. The summed E-state index contributed by atoms with van der Waals surface area (Å²) in [6.45, 7) is 4.14. The lowest BCUT2D eigenvalue weighted by atomic mass is 9.82. The van der Waals surface area contributed by atoms with E-state index in [2.05, 4.69) is 55.1 Å². The van der Waals surface area contributed by atoms with Gasteiger partial charge in [-0.15, -0.1) is 6.58 Å². The van der Waals surface area contributed by atoms with Gasteiger partial charge in [-0.3, -0.25) is 0 Å². The van der Waals surface area contributed by atoms with Gasteiger partial charge in [0.25, 0.3) is 0 Å². The van der Waals surface area contributed by atoms with Crippen molar-refractivity contribution in [3.05, 3.63) is 72.3 Å². The van der Waals surface area contributed by atoms with Crippen molar-refractivity contribution >= 4 is 6.09 Å². The van der Waals surface area contributed by atoms with Gasteiger partial charge in [-0.05, 0) is 67.2 Å². The average Bonchev–Trinajstić information content (AvgIpc) is 3.30. The topological polar surface area (TPSA) is 49.8 Å². The summed E-state index contributed by atoms with van der Waals surface area (Å²) in [5.74, 6) is 0.0799. The third-order valence-corrected chi connectivity index (χ3v) is 7.95. The molecule has 1 N–H and O–H groups in total. The molecule has 2 bridgehead atoms. The summed E-state index contributed by atoms with van der Waals surface area (Å²) in [5, 5.41) is 11.2. The molecule has 3 aliphatic rings. The summed E-state index contributed by atoms with van der Waals surface area (Å²) in [5.41, 5.74) is 4.31. The number of nitrogens with zero attached hydrogens (tertiary/aromatic N) is 1. The number of allylic oxidation sites excluding steroid dienone is 1. The van der Waals surface area contributed by atoms with E-state index in [-0.39, 0.29) is 24.1 Å². The Hall–Kier alpha value is -2.59. The number of hydrogen-bond acceptors (Lipinski definition) is 3. The average molecular weight is 446 g/mol. The van der Waals surface area contributed by atoms with Crippen LogP contribution in [0.5, 0.6) is 0 Å². The van der Waals surface area contributed by atoms with Crippen LogP contribution >= 0.6 is 0 Å². The van der Waals surface area contributed by atoms with Crippen molar-refractivity contribution in [3.63, 3.8) is 0 Å². The number of carbonyl (C=O) groups is 1. The number of amides is 1. The van der Waals surface area contributed by atoms with E-state index in [0.29, 0.717) is 19.4 Å². The molecule has 174 valence electrons. The van der Waals surface area contributed by atoms with Crippen molar-refractivity contribution in [1.29, 1.82) is 0 Å². The van der Waals surface area contributed by atoms with E-state index in [1.54, 1.807) is 0 Å². The first-order valence-electron chi connectivity index (χ1n) is 12.6. The molecule has 33 heavy (non-hydrogen) atoms. The summed E-state index contributed by atoms with van der Waals surface area (Å²) in [6.07, 6.45) is 10.2. The maximum atomic E-state index is 13.2. The first kappa shape index (κ1) is 22.2. The van der Waals surface area contributed by atoms with Crippen molar-refractivity contribution in [3.8, 4) is 11.1 Å². The fourth-order valence-corrected chi connectivity index (χ4v) is 6.41. The van der Waals surface area contributed by atoms with Crippen LogP contribution in [0.2, 0.25) is 0 Å². The Labute approximate surface area is 197 Å². The molecule has 0 radical (unpaired) electrons. The molecule has 0 spiro atoms. The van der Waals surface area contributed by atoms with Gasteiger partial charge in [0, 0.05) is 18.0 Å². The van der Waals surface area contributed by atoms with Crippen molar-refractivity contribution < 1.29 is 14.6 Å². The summed E-state index contributed by atoms with van der Waals surface area (Å²) >= 11 is 0. The monoisotopic (exact) mass is 445 g/mol. The van der Waals surface area contributed by atoms with Crippen LogP contribution in [-0.2, 0) is 4.74 Å². The second-order valence-corrected chi connectivity index (χ2v) is 10.1. The quantitative estimate of drug-likeness (QED) is 0.376. The van der Waals surface area contributed by atoms with Gasteiger partial charge in [0.1, 0.15) is 6.61 Å². The maximum Gasteiger partial charge on any atom is 0.410 e. The maximum absolute atomic E-state index is 13.2. The molecule has 2 fully saturated rings. The first-order chi connectivity index (χ1) is 16.1. The smallest absolute Gasteiger partial charge is 0.410 e. The highest BCUT2D eigenvalue weighted by Gasteiger charge is 2.49. The van der Waals surface area contributed by atoms with Gasteiger partial charge in [-0.25, -0.2) is 4.79 Å². The van der Waals surface area contributed by atoms with Crippen molar-refractivity contribution in [2.75, 3.05) is 6.61 Å². The summed E-state index contributed by atoms with van der Waals surface area (Å²) < 4.78 is 5.95. The SMILES string of the molecule is C=CCCCCCC1(O)CC2CCC(C1)N2C(=O)OCC1c2ccccc2-c2ccccc21. The van der Waals surface area contributed by atoms with Gasteiger partial charge >= 0.3 is 6.09 Å². The van der Waals surface area contributed by atoms with Gasteiger partial charge < -0.3 is 14.7 Å². The Morgan fingerprint density at radius 3 is 2.21 bits per heavy atom. The normalized spacial score (nSPS) is 25.5.